The number of hydrogen-bond donors (Lipinski definition) is 3. The lowest BCUT2D eigenvalue weighted by molar-refractivity contribution is 0.102. The van der Waals surface area contributed by atoms with E-state index in [0.717, 1.165) is 9.64 Å². The average Bonchev–Trinajstić information content (AvgIpc) is 2.74. The van der Waals surface area contributed by atoms with E-state index in [2.05, 4.69) is 38.2 Å². The highest BCUT2D eigenvalue weighted by Gasteiger charge is 2.18. The second-order valence-corrected chi connectivity index (χ2v) is 8.00. The van der Waals surface area contributed by atoms with Crippen molar-refractivity contribution in [3.63, 3.8) is 0 Å². The zero-order chi connectivity index (χ0) is 22.5. The van der Waals surface area contributed by atoms with E-state index in [4.69, 9.17) is 5.41 Å². The predicted molar refractivity (Wildman–Crippen MR) is 126 cm³/mol. The molecule has 0 aliphatic rings. The molecule has 1 aromatic heterocycles. The van der Waals surface area contributed by atoms with Gasteiger partial charge in [0.25, 0.3) is 11.8 Å². The van der Waals surface area contributed by atoms with Crippen LogP contribution in [0.2, 0.25) is 0 Å². The summed E-state index contributed by atoms with van der Waals surface area (Å²) >= 11 is 2.11. The van der Waals surface area contributed by atoms with Gasteiger partial charge in [-0.25, -0.2) is 9.37 Å². The fraction of sp³-hybridized carbons (Fsp3) is 0.0909. The molecule has 9 heteroatoms. The molecule has 0 aliphatic carbocycles. The Balaban J connectivity index is 1.80. The molecule has 3 N–H and O–H groups in total. The number of halogens is 2. The molecule has 0 fully saturated rings. The summed E-state index contributed by atoms with van der Waals surface area (Å²) < 4.78 is 15.5. The van der Waals surface area contributed by atoms with Crippen molar-refractivity contribution in [1.82, 2.24) is 9.88 Å². The van der Waals surface area contributed by atoms with Crippen LogP contribution in [0.1, 0.15) is 26.3 Å². The summed E-state index contributed by atoms with van der Waals surface area (Å²) in [4.78, 5) is 31.0. The number of para-hydroxylation sites is 1. The molecule has 158 valence electrons. The van der Waals surface area contributed by atoms with E-state index in [9.17, 15) is 14.0 Å². The number of carbonyl (C=O) groups excluding carboxylic acids is 2. The molecule has 0 bridgehead atoms. The van der Waals surface area contributed by atoms with Gasteiger partial charge in [-0.3, -0.25) is 15.0 Å². The molecule has 3 aromatic rings. The minimum absolute atomic E-state index is 0.122. The van der Waals surface area contributed by atoms with E-state index >= 15 is 0 Å². The SMILES string of the molecule is CN(C)C(=N)c1ccc(C(=O)Nc2ccccc2C(=O)Nc2ccc(I)cn2)c(F)c1. The molecule has 0 unspecified atom stereocenters. The second kappa shape index (κ2) is 9.65. The Hall–Kier alpha value is -3.34. The van der Waals surface area contributed by atoms with Crippen molar-refractivity contribution in [1.29, 1.82) is 5.41 Å². The molecule has 2 aromatic carbocycles. The lowest BCUT2D eigenvalue weighted by Crippen LogP contribution is -2.23. The van der Waals surface area contributed by atoms with Gasteiger partial charge < -0.3 is 15.5 Å². The third kappa shape index (κ3) is 5.43. The summed E-state index contributed by atoms with van der Waals surface area (Å²) in [5.41, 5.74) is 0.608. The van der Waals surface area contributed by atoms with Gasteiger partial charge in [0.15, 0.2) is 0 Å². The first-order chi connectivity index (χ1) is 14.8. The Morgan fingerprint density at radius 3 is 2.35 bits per heavy atom. The lowest BCUT2D eigenvalue weighted by atomic mass is 10.1. The molecule has 0 atom stereocenters. The van der Waals surface area contributed by atoms with Crippen LogP contribution in [0.15, 0.2) is 60.8 Å². The van der Waals surface area contributed by atoms with Gasteiger partial charge >= 0.3 is 0 Å². The number of nitrogens with one attached hydrogen (secondary N) is 3. The number of amides is 2. The molecular formula is C22H19FIN5O2. The topological polar surface area (TPSA) is 98.2 Å². The van der Waals surface area contributed by atoms with E-state index in [1.165, 1.54) is 17.0 Å². The molecule has 31 heavy (non-hydrogen) atoms. The first-order valence-electron chi connectivity index (χ1n) is 9.15. The van der Waals surface area contributed by atoms with Crippen molar-refractivity contribution in [2.75, 3.05) is 24.7 Å². The number of rotatable bonds is 5. The van der Waals surface area contributed by atoms with Gasteiger partial charge in [-0.15, -0.1) is 0 Å². The van der Waals surface area contributed by atoms with Gasteiger partial charge in [-0.05, 0) is 59.0 Å². The predicted octanol–water partition coefficient (Wildman–Crippen LogP) is 4.22. The molecule has 2 amide bonds. The first kappa shape index (κ1) is 22.3. The molecule has 0 aliphatic heterocycles. The fourth-order valence-electron chi connectivity index (χ4n) is 2.72. The van der Waals surface area contributed by atoms with Crippen LogP contribution in [0.25, 0.3) is 0 Å². The van der Waals surface area contributed by atoms with Gasteiger partial charge in [-0.1, -0.05) is 18.2 Å². The van der Waals surface area contributed by atoms with Crippen LogP contribution in [0.4, 0.5) is 15.9 Å². The summed E-state index contributed by atoms with van der Waals surface area (Å²) in [5, 5.41) is 13.2. The van der Waals surface area contributed by atoms with Crippen LogP contribution in [-0.4, -0.2) is 41.6 Å². The van der Waals surface area contributed by atoms with Gasteiger partial charge in [0.2, 0.25) is 0 Å². The largest absolute Gasteiger partial charge is 0.363 e. The number of amidine groups is 1. The van der Waals surface area contributed by atoms with E-state index < -0.39 is 17.6 Å². The van der Waals surface area contributed by atoms with Crippen molar-refractivity contribution >= 4 is 51.7 Å². The smallest absolute Gasteiger partial charge is 0.258 e. The van der Waals surface area contributed by atoms with Crippen molar-refractivity contribution in [3.8, 4) is 0 Å². The summed E-state index contributed by atoms with van der Waals surface area (Å²) in [7, 11) is 3.35. The van der Waals surface area contributed by atoms with Crippen LogP contribution in [-0.2, 0) is 0 Å². The molecule has 0 radical (unpaired) electrons. The summed E-state index contributed by atoms with van der Waals surface area (Å²) in [6, 6.07) is 13.9. The quantitative estimate of drug-likeness (QED) is 0.261. The summed E-state index contributed by atoms with van der Waals surface area (Å²) in [6.45, 7) is 0. The Bertz CT molecular complexity index is 1150. The van der Waals surface area contributed by atoms with E-state index in [-0.39, 0.29) is 22.6 Å². The molecule has 1 heterocycles. The van der Waals surface area contributed by atoms with Crippen LogP contribution in [0.3, 0.4) is 0 Å². The third-order valence-corrected chi connectivity index (χ3v) is 4.96. The molecule has 3 rings (SSSR count). The molecular weight excluding hydrogens is 512 g/mol. The Morgan fingerprint density at radius 2 is 1.71 bits per heavy atom. The van der Waals surface area contributed by atoms with Crippen molar-refractivity contribution in [3.05, 3.63) is 86.9 Å². The highest BCUT2D eigenvalue weighted by Crippen LogP contribution is 2.20. The van der Waals surface area contributed by atoms with Crippen molar-refractivity contribution in [2.24, 2.45) is 0 Å². The highest BCUT2D eigenvalue weighted by atomic mass is 127. The van der Waals surface area contributed by atoms with E-state index in [1.807, 2.05) is 0 Å². The van der Waals surface area contributed by atoms with Crippen LogP contribution in [0, 0.1) is 14.8 Å². The minimum atomic E-state index is -0.758. The van der Waals surface area contributed by atoms with E-state index in [1.54, 1.807) is 56.7 Å². The van der Waals surface area contributed by atoms with Crippen LogP contribution in [0.5, 0.6) is 0 Å². The number of benzene rings is 2. The zero-order valence-corrected chi connectivity index (χ0v) is 18.9. The molecule has 7 nitrogen and oxygen atoms in total. The number of anilines is 2. The Morgan fingerprint density at radius 1 is 1.00 bits per heavy atom. The normalized spacial score (nSPS) is 10.3. The minimum Gasteiger partial charge on any atom is -0.363 e. The fourth-order valence-corrected chi connectivity index (χ4v) is 3.04. The first-order valence-corrected chi connectivity index (χ1v) is 10.2. The number of nitrogens with zero attached hydrogens (tertiary/aromatic N) is 2. The lowest BCUT2D eigenvalue weighted by Gasteiger charge is -2.15. The van der Waals surface area contributed by atoms with Gasteiger partial charge in [-0.2, -0.15) is 0 Å². The van der Waals surface area contributed by atoms with Gasteiger partial charge in [0.05, 0.1) is 16.8 Å². The number of aromatic nitrogens is 1. The third-order valence-electron chi connectivity index (χ3n) is 4.32. The number of carbonyl (C=O) groups is 2. The Labute approximate surface area is 192 Å². The highest BCUT2D eigenvalue weighted by molar-refractivity contribution is 14.1. The van der Waals surface area contributed by atoms with Crippen LogP contribution >= 0.6 is 22.6 Å². The summed E-state index contributed by atoms with van der Waals surface area (Å²) in [6.07, 6.45) is 1.62. The van der Waals surface area contributed by atoms with Crippen molar-refractivity contribution < 1.29 is 14.0 Å². The molecule has 0 saturated heterocycles. The van der Waals surface area contributed by atoms with Crippen LogP contribution < -0.4 is 10.6 Å². The number of hydrogen-bond acceptors (Lipinski definition) is 4. The second-order valence-electron chi connectivity index (χ2n) is 6.75. The maximum atomic E-state index is 14.5. The maximum absolute atomic E-state index is 14.5. The average molecular weight is 531 g/mol. The maximum Gasteiger partial charge on any atom is 0.258 e. The van der Waals surface area contributed by atoms with E-state index in [0.29, 0.717) is 11.4 Å². The standard InChI is InChI=1S/C22H19FIN5O2/c1-29(2)20(25)13-7-9-15(17(23)11-13)21(30)27-18-6-4-3-5-16(18)22(31)28-19-10-8-14(24)12-26-19/h3-12,25H,1-2H3,(H,27,30)(H,26,28,31). The molecule has 0 spiro atoms. The van der Waals surface area contributed by atoms with Crippen molar-refractivity contribution in [2.45, 2.75) is 0 Å². The number of pyridine rings is 1. The zero-order valence-electron chi connectivity index (χ0n) is 16.7. The summed E-state index contributed by atoms with van der Waals surface area (Å²) in [5.74, 6) is -1.42. The Kier molecular flexibility index (Phi) is 6.95. The van der Waals surface area contributed by atoms with Gasteiger partial charge in [0, 0.05) is 29.4 Å². The van der Waals surface area contributed by atoms with Gasteiger partial charge in [0.1, 0.15) is 17.5 Å². The molecule has 0 saturated carbocycles. The monoisotopic (exact) mass is 531 g/mol.